The first-order chi connectivity index (χ1) is 10.4. The molecule has 3 nitrogen and oxygen atoms in total. The molecule has 0 bridgehead atoms. The zero-order valence-corrected chi connectivity index (χ0v) is 14.8. The molecule has 0 N–H and O–H groups in total. The Hall–Kier alpha value is -1.13. The number of rotatable bonds is 5. The van der Waals surface area contributed by atoms with Crippen LogP contribution in [0.25, 0.3) is 0 Å². The fourth-order valence-corrected chi connectivity index (χ4v) is 3.97. The minimum Gasteiger partial charge on any atom is -0.497 e. The molecular weight excluding hydrogens is 294 g/mol. The third kappa shape index (κ3) is 4.43. The van der Waals surface area contributed by atoms with Gasteiger partial charge < -0.3 is 4.74 Å². The summed E-state index contributed by atoms with van der Waals surface area (Å²) in [5.41, 5.74) is 1.18. The van der Waals surface area contributed by atoms with E-state index >= 15 is 0 Å². The second-order valence-corrected chi connectivity index (χ2v) is 8.98. The van der Waals surface area contributed by atoms with Crippen molar-refractivity contribution in [2.24, 2.45) is 0 Å². The van der Waals surface area contributed by atoms with Gasteiger partial charge in [0.25, 0.3) is 0 Å². The quantitative estimate of drug-likeness (QED) is 0.819. The minimum atomic E-state index is -1.08. The fourth-order valence-electron chi connectivity index (χ4n) is 2.56. The molecule has 0 aromatic heterocycles. The lowest BCUT2D eigenvalue weighted by Gasteiger charge is -2.37. The molecule has 1 heterocycles. The average molecular weight is 321 g/mol. The van der Waals surface area contributed by atoms with Gasteiger partial charge in [-0.3, -0.25) is 0 Å². The van der Waals surface area contributed by atoms with E-state index in [-0.39, 0.29) is 16.9 Å². The molecule has 0 saturated heterocycles. The molecule has 0 aliphatic carbocycles. The van der Waals surface area contributed by atoms with Crippen LogP contribution in [-0.2, 0) is 22.3 Å². The van der Waals surface area contributed by atoms with Gasteiger partial charge in [0.1, 0.15) is 17.1 Å². The molecule has 0 amide bonds. The highest BCUT2D eigenvalue weighted by Crippen LogP contribution is 2.25. The molecule has 0 saturated carbocycles. The third-order valence-electron chi connectivity index (χ3n) is 3.88. The van der Waals surface area contributed by atoms with Gasteiger partial charge in [0.05, 0.1) is 17.1 Å². The van der Waals surface area contributed by atoms with Crippen molar-refractivity contribution in [3.8, 4) is 0 Å². The van der Waals surface area contributed by atoms with Crippen LogP contribution in [0.15, 0.2) is 42.7 Å². The Kier molecular flexibility index (Phi) is 5.81. The smallest absolute Gasteiger partial charge is 0.114 e. The largest absolute Gasteiger partial charge is 0.497 e. The van der Waals surface area contributed by atoms with Gasteiger partial charge in [-0.05, 0) is 52.2 Å². The van der Waals surface area contributed by atoms with Crippen molar-refractivity contribution in [2.75, 3.05) is 0 Å². The molecule has 2 rings (SSSR count). The lowest BCUT2D eigenvalue weighted by Crippen LogP contribution is -2.47. The zero-order valence-electron chi connectivity index (χ0n) is 14.0. The molecule has 1 aromatic carbocycles. The second-order valence-electron chi connectivity index (χ2n) is 6.79. The summed E-state index contributed by atoms with van der Waals surface area (Å²) in [5, 5.41) is 0. The molecule has 1 aliphatic rings. The third-order valence-corrected chi connectivity index (χ3v) is 5.81. The maximum Gasteiger partial charge on any atom is 0.114 e. The highest BCUT2D eigenvalue weighted by molar-refractivity contribution is 7.84. The minimum absolute atomic E-state index is 0.0972. The van der Waals surface area contributed by atoms with Gasteiger partial charge >= 0.3 is 0 Å². The van der Waals surface area contributed by atoms with Crippen molar-refractivity contribution in [2.45, 2.75) is 64.0 Å². The van der Waals surface area contributed by atoms with Gasteiger partial charge in [-0.15, -0.1) is 0 Å². The van der Waals surface area contributed by atoms with Crippen LogP contribution in [0.4, 0.5) is 0 Å². The van der Waals surface area contributed by atoms with Crippen molar-refractivity contribution >= 4 is 11.0 Å². The normalized spacial score (nSPS) is 21.4. The first kappa shape index (κ1) is 17.2. The van der Waals surface area contributed by atoms with Gasteiger partial charge in [0.2, 0.25) is 0 Å². The first-order valence-corrected chi connectivity index (χ1v) is 9.03. The molecule has 4 heteroatoms. The summed E-state index contributed by atoms with van der Waals surface area (Å²) in [6.45, 7) is 8.87. The maximum atomic E-state index is 13.0. The van der Waals surface area contributed by atoms with Gasteiger partial charge in [-0.2, -0.15) is 0 Å². The molecule has 22 heavy (non-hydrogen) atoms. The summed E-state index contributed by atoms with van der Waals surface area (Å²) >= 11 is 0. The van der Waals surface area contributed by atoms with Crippen LogP contribution in [-0.4, -0.2) is 25.4 Å². The Bertz CT molecular complexity index is 522. The van der Waals surface area contributed by atoms with Crippen LogP contribution < -0.4 is 0 Å². The van der Waals surface area contributed by atoms with E-state index in [0.29, 0.717) is 6.54 Å². The van der Waals surface area contributed by atoms with E-state index in [4.69, 9.17) is 4.74 Å². The van der Waals surface area contributed by atoms with Crippen molar-refractivity contribution < 1.29 is 8.95 Å². The van der Waals surface area contributed by atoms with E-state index in [2.05, 4.69) is 23.4 Å². The Morgan fingerprint density at radius 3 is 2.55 bits per heavy atom. The average Bonchev–Trinajstić information content (AvgIpc) is 2.52. The van der Waals surface area contributed by atoms with Crippen molar-refractivity contribution in [1.82, 2.24) is 4.31 Å². The van der Waals surface area contributed by atoms with Crippen LogP contribution in [0.3, 0.4) is 0 Å². The number of ether oxygens (including phenoxy) is 1. The van der Waals surface area contributed by atoms with Crippen LogP contribution in [0.1, 0.15) is 46.1 Å². The number of hydrogen-bond acceptors (Lipinski definition) is 2. The second kappa shape index (κ2) is 7.42. The van der Waals surface area contributed by atoms with Crippen LogP contribution in [0.2, 0.25) is 0 Å². The summed E-state index contributed by atoms with van der Waals surface area (Å²) in [7, 11) is -1.08. The lowest BCUT2D eigenvalue weighted by atomic mass is 10.1. The highest BCUT2D eigenvalue weighted by atomic mass is 32.2. The van der Waals surface area contributed by atoms with Gasteiger partial charge in [0.15, 0.2) is 0 Å². The molecule has 1 aromatic rings. The van der Waals surface area contributed by atoms with E-state index in [1.165, 1.54) is 5.56 Å². The molecular formula is C18H27NO2S. The summed E-state index contributed by atoms with van der Waals surface area (Å²) in [6.07, 6.45) is 5.93. The van der Waals surface area contributed by atoms with E-state index in [1.54, 1.807) is 6.26 Å². The summed E-state index contributed by atoms with van der Waals surface area (Å²) < 4.78 is 20.6. The van der Waals surface area contributed by atoms with Crippen molar-refractivity contribution in [3.63, 3.8) is 0 Å². The molecule has 0 spiro atoms. The predicted molar refractivity (Wildman–Crippen MR) is 92.6 cm³/mol. The van der Waals surface area contributed by atoms with Crippen molar-refractivity contribution in [1.29, 1.82) is 0 Å². The molecule has 2 unspecified atom stereocenters. The Balaban J connectivity index is 2.20. The SMILES string of the molecule is C[C@@H](C1CCC=CO1)N(Cc1ccccc1)S(=O)C(C)(C)C. The first-order valence-electron chi connectivity index (χ1n) is 7.92. The summed E-state index contributed by atoms with van der Waals surface area (Å²) in [4.78, 5) is 0. The highest BCUT2D eigenvalue weighted by Gasteiger charge is 2.34. The number of allylic oxidation sites excluding steroid dienone is 1. The van der Waals surface area contributed by atoms with Crippen LogP contribution in [0.5, 0.6) is 0 Å². The van der Waals surface area contributed by atoms with Gasteiger partial charge in [-0.1, -0.05) is 30.3 Å². The standard InChI is InChI=1S/C18H27NO2S/c1-15(17-12-8-9-13-21-17)19(22(20)18(2,3)4)14-16-10-6-5-7-11-16/h5-7,9-11,13,15,17H,8,12,14H2,1-4H3/t15-,17?,22?/m0/s1. The van der Waals surface area contributed by atoms with Crippen LogP contribution >= 0.6 is 0 Å². The Labute approximate surface area is 136 Å². The topological polar surface area (TPSA) is 29.5 Å². The Morgan fingerprint density at radius 2 is 2.00 bits per heavy atom. The zero-order chi connectivity index (χ0) is 16.2. The number of nitrogens with zero attached hydrogens (tertiary/aromatic N) is 1. The van der Waals surface area contributed by atoms with E-state index in [0.717, 1.165) is 12.8 Å². The van der Waals surface area contributed by atoms with Gasteiger partial charge in [0, 0.05) is 6.54 Å². The van der Waals surface area contributed by atoms with Crippen molar-refractivity contribution in [3.05, 3.63) is 48.2 Å². The Morgan fingerprint density at radius 1 is 1.32 bits per heavy atom. The molecule has 0 fully saturated rings. The van der Waals surface area contributed by atoms with Crippen LogP contribution in [0, 0.1) is 0 Å². The molecule has 3 atom stereocenters. The summed E-state index contributed by atoms with van der Waals surface area (Å²) in [5.74, 6) is 0. The van der Waals surface area contributed by atoms with E-state index < -0.39 is 11.0 Å². The van der Waals surface area contributed by atoms with Gasteiger partial charge in [-0.25, -0.2) is 8.51 Å². The molecule has 1 aliphatic heterocycles. The lowest BCUT2D eigenvalue weighted by molar-refractivity contribution is 0.0633. The molecule has 0 radical (unpaired) electrons. The predicted octanol–water partition coefficient (Wildman–Crippen LogP) is 4.03. The maximum absolute atomic E-state index is 13.0. The fraction of sp³-hybridized carbons (Fsp3) is 0.556. The summed E-state index contributed by atoms with van der Waals surface area (Å²) in [6, 6.07) is 10.3. The molecule has 122 valence electrons. The number of benzene rings is 1. The van der Waals surface area contributed by atoms with E-state index in [1.807, 2.05) is 45.0 Å². The van der Waals surface area contributed by atoms with E-state index in [9.17, 15) is 4.21 Å². The monoisotopic (exact) mass is 321 g/mol. The number of hydrogen-bond donors (Lipinski definition) is 0.